The van der Waals surface area contributed by atoms with E-state index in [1.165, 1.54) is 0 Å². The maximum atomic E-state index is 11.7. The third kappa shape index (κ3) is 3.86. The summed E-state index contributed by atoms with van der Waals surface area (Å²) in [6.07, 6.45) is 3.06. The fraction of sp³-hybridized carbons (Fsp3) is 0.846. The number of ether oxygens (including phenoxy) is 1. The van der Waals surface area contributed by atoms with Crippen LogP contribution in [0.3, 0.4) is 0 Å². The lowest BCUT2D eigenvalue weighted by atomic mass is 10.1. The number of aromatic nitrogens is 3. The zero-order valence-electron chi connectivity index (χ0n) is 12.2. The van der Waals surface area contributed by atoms with Crippen LogP contribution in [-0.2, 0) is 11.3 Å². The van der Waals surface area contributed by atoms with Crippen LogP contribution in [0.1, 0.15) is 33.1 Å². The molecule has 2 unspecified atom stereocenters. The van der Waals surface area contributed by atoms with Gasteiger partial charge in [0.1, 0.15) is 0 Å². The first-order valence-corrected chi connectivity index (χ1v) is 8.27. The summed E-state index contributed by atoms with van der Waals surface area (Å²) in [6.45, 7) is 7.46. The number of rotatable bonds is 7. The molecule has 0 spiro atoms. The van der Waals surface area contributed by atoms with Crippen molar-refractivity contribution in [3.8, 4) is 0 Å². The van der Waals surface area contributed by atoms with E-state index in [1.54, 1.807) is 16.3 Å². The van der Waals surface area contributed by atoms with Crippen molar-refractivity contribution < 1.29 is 4.74 Å². The van der Waals surface area contributed by atoms with Crippen molar-refractivity contribution in [1.29, 1.82) is 0 Å². The summed E-state index contributed by atoms with van der Waals surface area (Å²) >= 11 is 1.64. The first-order chi connectivity index (χ1) is 9.76. The van der Waals surface area contributed by atoms with E-state index in [-0.39, 0.29) is 5.69 Å². The molecule has 114 valence electrons. The van der Waals surface area contributed by atoms with Crippen molar-refractivity contribution in [2.75, 3.05) is 19.8 Å². The van der Waals surface area contributed by atoms with E-state index in [1.807, 2.05) is 0 Å². The van der Waals surface area contributed by atoms with Gasteiger partial charge in [-0.3, -0.25) is 4.57 Å². The van der Waals surface area contributed by atoms with Crippen LogP contribution in [0, 0.1) is 0 Å². The average molecular weight is 300 g/mol. The molecule has 0 bridgehead atoms. The Morgan fingerprint density at radius 3 is 3.10 bits per heavy atom. The van der Waals surface area contributed by atoms with Gasteiger partial charge in [0.05, 0.1) is 11.9 Å². The van der Waals surface area contributed by atoms with Crippen molar-refractivity contribution >= 4 is 11.8 Å². The molecule has 0 saturated carbocycles. The van der Waals surface area contributed by atoms with Gasteiger partial charge in [0, 0.05) is 19.2 Å². The van der Waals surface area contributed by atoms with Crippen molar-refractivity contribution in [2.45, 2.75) is 56.1 Å². The van der Waals surface area contributed by atoms with Gasteiger partial charge in [0.15, 0.2) is 5.16 Å². The van der Waals surface area contributed by atoms with Crippen LogP contribution >= 0.6 is 11.8 Å². The number of nitrogens with zero attached hydrogens (tertiary/aromatic N) is 2. The molecular formula is C13H24N4O2S. The molecule has 0 aromatic carbocycles. The van der Waals surface area contributed by atoms with Crippen molar-refractivity contribution in [1.82, 2.24) is 20.1 Å². The smallest absolute Gasteiger partial charge is 0.343 e. The molecule has 2 heterocycles. The first kappa shape index (κ1) is 15.6. The summed E-state index contributed by atoms with van der Waals surface area (Å²) in [5.74, 6) is 0. The molecule has 2 rings (SSSR count). The zero-order valence-corrected chi connectivity index (χ0v) is 13.0. The van der Waals surface area contributed by atoms with Crippen molar-refractivity contribution in [3.05, 3.63) is 10.5 Å². The summed E-state index contributed by atoms with van der Waals surface area (Å²) in [4.78, 5) is 11.7. The highest BCUT2D eigenvalue weighted by Gasteiger charge is 2.28. The van der Waals surface area contributed by atoms with E-state index < -0.39 is 0 Å². The second-order valence-electron chi connectivity index (χ2n) is 5.04. The Labute approximate surface area is 123 Å². The van der Waals surface area contributed by atoms with Crippen LogP contribution in [0.25, 0.3) is 0 Å². The topological polar surface area (TPSA) is 71.9 Å². The molecule has 1 saturated heterocycles. The maximum absolute atomic E-state index is 11.7. The summed E-state index contributed by atoms with van der Waals surface area (Å²) in [5.41, 5.74) is -0.121. The molecule has 1 aliphatic rings. The number of hydrogen-bond donors (Lipinski definition) is 2. The van der Waals surface area contributed by atoms with Gasteiger partial charge in [-0.1, -0.05) is 25.6 Å². The minimum absolute atomic E-state index is 0.121. The van der Waals surface area contributed by atoms with Crippen LogP contribution in [0.15, 0.2) is 9.95 Å². The van der Waals surface area contributed by atoms with E-state index in [0.29, 0.717) is 24.4 Å². The van der Waals surface area contributed by atoms with Gasteiger partial charge >= 0.3 is 5.69 Å². The van der Waals surface area contributed by atoms with E-state index >= 15 is 0 Å². The standard InChI is InChI=1S/C13H24N4O2S/c1-3-6-14-10-5-8-19-9-11(10)20-13-16-15-12(18)17(13)7-4-2/h10-11,14H,3-9H2,1-2H3,(H,15,18). The fourth-order valence-electron chi connectivity index (χ4n) is 2.34. The largest absolute Gasteiger partial charge is 0.380 e. The molecule has 1 aliphatic heterocycles. The monoisotopic (exact) mass is 300 g/mol. The highest BCUT2D eigenvalue weighted by molar-refractivity contribution is 7.99. The van der Waals surface area contributed by atoms with Gasteiger partial charge in [-0.2, -0.15) is 0 Å². The Hall–Kier alpha value is -0.790. The quantitative estimate of drug-likeness (QED) is 0.792. The molecule has 20 heavy (non-hydrogen) atoms. The van der Waals surface area contributed by atoms with Gasteiger partial charge in [-0.15, -0.1) is 5.10 Å². The summed E-state index contributed by atoms with van der Waals surface area (Å²) in [5, 5.41) is 11.3. The van der Waals surface area contributed by atoms with Crippen LogP contribution in [0.2, 0.25) is 0 Å². The molecule has 1 aromatic heterocycles. The highest BCUT2D eigenvalue weighted by Crippen LogP contribution is 2.27. The zero-order chi connectivity index (χ0) is 14.4. The predicted molar refractivity (Wildman–Crippen MR) is 80.3 cm³/mol. The summed E-state index contributed by atoms with van der Waals surface area (Å²) in [6, 6.07) is 0.426. The molecular weight excluding hydrogens is 276 g/mol. The van der Waals surface area contributed by atoms with Crippen LogP contribution in [0.4, 0.5) is 0 Å². The lowest BCUT2D eigenvalue weighted by Gasteiger charge is -2.31. The lowest BCUT2D eigenvalue weighted by molar-refractivity contribution is 0.0832. The fourth-order valence-corrected chi connectivity index (χ4v) is 3.57. The second kappa shape index (κ2) is 7.85. The van der Waals surface area contributed by atoms with Crippen molar-refractivity contribution in [2.24, 2.45) is 0 Å². The second-order valence-corrected chi connectivity index (χ2v) is 6.25. The Bertz CT molecular complexity index is 459. The Morgan fingerprint density at radius 2 is 2.35 bits per heavy atom. The van der Waals surface area contributed by atoms with Crippen LogP contribution in [-0.4, -0.2) is 45.8 Å². The third-order valence-corrected chi connectivity index (χ3v) is 4.68. The Balaban J connectivity index is 2.04. The number of aromatic amines is 1. The molecule has 7 heteroatoms. The lowest BCUT2D eigenvalue weighted by Crippen LogP contribution is -2.45. The molecule has 2 atom stereocenters. The third-order valence-electron chi connectivity index (χ3n) is 3.39. The minimum Gasteiger partial charge on any atom is -0.380 e. The van der Waals surface area contributed by atoms with Gasteiger partial charge in [-0.05, 0) is 25.8 Å². The average Bonchev–Trinajstić information content (AvgIpc) is 2.80. The van der Waals surface area contributed by atoms with Gasteiger partial charge in [-0.25, -0.2) is 9.89 Å². The van der Waals surface area contributed by atoms with Crippen LogP contribution < -0.4 is 11.0 Å². The SMILES string of the molecule is CCCNC1CCOCC1Sc1n[nH]c(=O)n1CCC. The number of hydrogen-bond acceptors (Lipinski definition) is 5. The number of H-pyrrole nitrogens is 1. The molecule has 1 fully saturated rings. The van der Waals surface area contributed by atoms with E-state index in [2.05, 4.69) is 29.4 Å². The summed E-state index contributed by atoms with van der Waals surface area (Å²) < 4.78 is 7.30. The molecule has 1 aromatic rings. The predicted octanol–water partition coefficient (Wildman–Crippen LogP) is 1.23. The Morgan fingerprint density at radius 1 is 1.50 bits per heavy atom. The van der Waals surface area contributed by atoms with E-state index in [4.69, 9.17) is 4.74 Å². The van der Waals surface area contributed by atoms with Crippen LogP contribution in [0.5, 0.6) is 0 Å². The molecule has 0 aliphatic carbocycles. The minimum atomic E-state index is -0.121. The van der Waals surface area contributed by atoms with Crippen molar-refractivity contribution in [3.63, 3.8) is 0 Å². The number of thioether (sulfide) groups is 1. The van der Waals surface area contributed by atoms with Gasteiger partial charge in [0.2, 0.25) is 0 Å². The number of nitrogens with one attached hydrogen (secondary N) is 2. The normalized spacial score (nSPS) is 23.1. The molecule has 2 N–H and O–H groups in total. The molecule has 0 amide bonds. The summed E-state index contributed by atoms with van der Waals surface area (Å²) in [7, 11) is 0. The molecule has 0 radical (unpaired) electrons. The molecule has 6 nitrogen and oxygen atoms in total. The van der Waals surface area contributed by atoms with Gasteiger partial charge < -0.3 is 10.1 Å². The first-order valence-electron chi connectivity index (χ1n) is 7.39. The Kier molecular flexibility index (Phi) is 6.12. The highest BCUT2D eigenvalue weighted by atomic mass is 32.2. The van der Waals surface area contributed by atoms with Gasteiger partial charge in [0.25, 0.3) is 0 Å². The maximum Gasteiger partial charge on any atom is 0.343 e. The van der Waals surface area contributed by atoms with E-state index in [9.17, 15) is 4.79 Å². The van der Waals surface area contributed by atoms with E-state index in [0.717, 1.165) is 37.6 Å².